The van der Waals surface area contributed by atoms with Crippen LogP contribution in [0.15, 0.2) is 40.9 Å². The fourth-order valence-corrected chi connectivity index (χ4v) is 2.75. The van der Waals surface area contributed by atoms with Gasteiger partial charge in [-0.05, 0) is 32.9 Å². The number of esters is 1. The zero-order valence-corrected chi connectivity index (χ0v) is 15.6. The summed E-state index contributed by atoms with van der Waals surface area (Å²) in [5.74, 6) is -0.489. The zero-order chi connectivity index (χ0) is 19.6. The molecule has 1 N–H and O–H groups in total. The Bertz CT molecular complexity index is 981. The van der Waals surface area contributed by atoms with Gasteiger partial charge >= 0.3 is 5.97 Å². The van der Waals surface area contributed by atoms with E-state index in [0.717, 1.165) is 0 Å². The Kier molecular flexibility index (Phi) is 5.27. The number of hydrogen-bond acceptors (Lipinski definition) is 6. The van der Waals surface area contributed by atoms with Crippen molar-refractivity contribution in [2.24, 2.45) is 0 Å². The Hall–Kier alpha value is -3.13. The monoisotopic (exact) mass is 388 g/mol. The Morgan fingerprint density at radius 1 is 1.26 bits per heavy atom. The predicted molar refractivity (Wildman–Crippen MR) is 98.1 cm³/mol. The molecule has 0 radical (unpaired) electrons. The Morgan fingerprint density at radius 3 is 2.59 bits per heavy atom. The van der Waals surface area contributed by atoms with Gasteiger partial charge in [-0.2, -0.15) is 5.10 Å². The first-order valence-electron chi connectivity index (χ1n) is 8.12. The van der Waals surface area contributed by atoms with Crippen molar-refractivity contribution in [3.63, 3.8) is 0 Å². The molecular weight excluding hydrogens is 372 g/mol. The number of hydrogen-bond donors (Lipinski definition) is 1. The van der Waals surface area contributed by atoms with Gasteiger partial charge in [0.25, 0.3) is 5.91 Å². The van der Waals surface area contributed by atoms with Gasteiger partial charge in [0.05, 0.1) is 11.4 Å². The molecule has 8 nitrogen and oxygen atoms in total. The van der Waals surface area contributed by atoms with E-state index in [9.17, 15) is 9.59 Å². The average Bonchev–Trinajstić information content (AvgIpc) is 3.17. The molecule has 1 atom stereocenters. The summed E-state index contributed by atoms with van der Waals surface area (Å²) in [7, 11) is 0. The molecule has 0 saturated carbocycles. The first-order chi connectivity index (χ1) is 12.9. The van der Waals surface area contributed by atoms with Crippen LogP contribution in [0.3, 0.4) is 0 Å². The molecule has 0 aliphatic heterocycles. The molecule has 0 fully saturated rings. The second kappa shape index (κ2) is 7.63. The van der Waals surface area contributed by atoms with E-state index < -0.39 is 18.0 Å². The van der Waals surface area contributed by atoms with Crippen molar-refractivity contribution < 1.29 is 18.8 Å². The smallest absolute Gasteiger partial charge is 0.344 e. The summed E-state index contributed by atoms with van der Waals surface area (Å²) in [6, 6.07) is 10.7. The third-order valence-corrected chi connectivity index (χ3v) is 4.09. The number of benzene rings is 1. The maximum Gasteiger partial charge on any atom is 0.344 e. The highest BCUT2D eigenvalue weighted by molar-refractivity contribution is 6.33. The number of carbonyl (C=O) groups is 2. The van der Waals surface area contributed by atoms with Gasteiger partial charge in [0, 0.05) is 6.07 Å². The summed E-state index contributed by atoms with van der Waals surface area (Å²) in [5.41, 5.74) is 1.21. The molecule has 3 aromatic rings. The highest BCUT2D eigenvalue weighted by Gasteiger charge is 2.26. The summed E-state index contributed by atoms with van der Waals surface area (Å²) in [6.45, 7) is 4.79. The molecule has 2 aromatic heterocycles. The van der Waals surface area contributed by atoms with Crippen molar-refractivity contribution in [3.05, 3.63) is 58.6 Å². The quantitative estimate of drug-likeness (QED) is 0.673. The SMILES string of the molecule is Cc1cc(NC(=O)[C@H](C)OC(=O)c2c(C)nn(-c3ccccc3)c2Cl)no1. The summed E-state index contributed by atoms with van der Waals surface area (Å²) in [6.07, 6.45) is -1.06. The number of anilines is 1. The second-order valence-electron chi connectivity index (χ2n) is 5.86. The molecule has 0 aliphatic carbocycles. The van der Waals surface area contributed by atoms with Gasteiger partial charge in [-0.25, -0.2) is 9.48 Å². The third kappa shape index (κ3) is 4.01. The van der Waals surface area contributed by atoms with E-state index >= 15 is 0 Å². The van der Waals surface area contributed by atoms with Crippen LogP contribution in [0, 0.1) is 13.8 Å². The normalized spacial score (nSPS) is 11.9. The predicted octanol–water partition coefficient (Wildman–Crippen LogP) is 3.31. The zero-order valence-electron chi connectivity index (χ0n) is 14.9. The standard InChI is InChI=1S/C18H17ClN4O4/c1-10-9-14(22-27-10)20-17(24)12(3)26-18(25)15-11(2)21-23(16(15)19)13-7-5-4-6-8-13/h4-9,12H,1-3H3,(H,20,22,24)/t12-/m0/s1. The summed E-state index contributed by atoms with van der Waals surface area (Å²) >= 11 is 6.33. The van der Waals surface area contributed by atoms with Crippen LogP contribution in [-0.4, -0.2) is 32.9 Å². The number of amides is 1. The van der Waals surface area contributed by atoms with Crippen molar-refractivity contribution in [1.29, 1.82) is 0 Å². The summed E-state index contributed by atoms with van der Waals surface area (Å²) in [4.78, 5) is 24.7. The number of halogens is 1. The van der Waals surface area contributed by atoms with Crippen LogP contribution in [-0.2, 0) is 9.53 Å². The van der Waals surface area contributed by atoms with Crippen molar-refractivity contribution in [3.8, 4) is 5.69 Å². The van der Waals surface area contributed by atoms with Crippen LogP contribution in [0.2, 0.25) is 5.15 Å². The van der Waals surface area contributed by atoms with Gasteiger partial charge in [0.2, 0.25) is 0 Å². The van der Waals surface area contributed by atoms with Crippen molar-refractivity contribution in [2.45, 2.75) is 26.9 Å². The Morgan fingerprint density at radius 2 is 1.96 bits per heavy atom. The van der Waals surface area contributed by atoms with Gasteiger partial charge in [-0.3, -0.25) is 4.79 Å². The Balaban J connectivity index is 1.74. The van der Waals surface area contributed by atoms with Crippen molar-refractivity contribution >= 4 is 29.3 Å². The minimum Gasteiger partial charge on any atom is -0.449 e. The van der Waals surface area contributed by atoms with E-state index in [4.69, 9.17) is 20.9 Å². The number of rotatable bonds is 5. The van der Waals surface area contributed by atoms with Crippen LogP contribution in [0.1, 0.15) is 28.7 Å². The highest BCUT2D eigenvalue weighted by atomic mass is 35.5. The molecule has 3 rings (SSSR count). The largest absolute Gasteiger partial charge is 0.449 e. The first-order valence-corrected chi connectivity index (χ1v) is 8.50. The molecular formula is C18H17ClN4O4. The number of aromatic nitrogens is 3. The van der Waals surface area contributed by atoms with Gasteiger partial charge in [-0.15, -0.1) is 0 Å². The van der Waals surface area contributed by atoms with E-state index in [-0.39, 0.29) is 16.5 Å². The lowest BCUT2D eigenvalue weighted by Gasteiger charge is -2.12. The minimum atomic E-state index is -1.06. The maximum absolute atomic E-state index is 12.5. The number of para-hydroxylation sites is 1. The van der Waals surface area contributed by atoms with E-state index in [1.165, 1.54) is 11.6 Å². The Labute approximate surface area is 160 Å². The van der Waals surface area contributed by atoms with E-state index in [1.54, 1.807) is 19.9 Å². The first kappa shape index (κ1) is 18.7. The van der Waals surface area contributed by atoms with Gasteiger partial charge in [0.1, 0.15) is 16.5 Å². The molecule has 27 heavy (non-hydrogen) atoms. The molecule has 1 aromatic carbocycles. The minimum absolute atomic E-state index is 0.109. The molecule has 1 amide bonds. The average molecular weight is 389 g/mol. The topological polar surface area (TPSA) is 99.2 Å². The van der Waals surface area contributed by atoms with E-state index in [2.05, 4.69) is 15.6 Å². The second-order valence-corrected chi connectivity index (χ2v) is 6.22. The molecule has 140 valence electrons. The number of aryl methyl sites for hydroxylation is 2. The van der Waals surface area contributed by atoms with Crippen LogP contribution in [0.25, 0.3) is 5.69 Å². The van der Waals surface area contributed by atoms with Crippen LogP contribution in [0.4, 0.5) is 5.82 Å². The molecule has 0 bridgehead atoms. The fourth-order valence-electron chi connectivity index (χ4n) is 2.40. The molecule has 0 unspecified atom stereocenters. The highest BCUT2D eigenvalue weighted by Crippen LogP contribution is 2.24. The van der Waals surface area contributed by atoms with Crippen LogP contribution < -0.4 is 5.32 Å². The molecule has 9 heteroatoms. The fraction of sp³-hybridized carbons (Fsp3) is 0.222. The number of nitrogens with zero attached hydrogens (tertiary/aromatic N) is 3. The lowest BCUT2D eigenvalue weighted by atomic mass is 10.2. The van der Waals surface area contributed by atoms with E-state index in [1.807, 2.05) is 30.3 Å². The van der Waals surface area contributed by atoms with Crippen LogP contribution in [0.5, 0.6) is 0 Å². The molecule has 0 saturated heterocycles. The van der Waals surface area contributed by atoms with Crippen molar-refractivity contribution in [1.82, 2.24) is 14.9 Å². The lowest BCUT2D eigenvalue weighted by Crippen LogP contribution is -2.30. The lowest BCUT2D eigenvalue weighted by molar-refractivity contribution is -0.123. The van der Waals surface area contributed by atoms with Crippen LogP contribution >= 0.6 is 11.6 Å². The number of nitrogens with one attached hydrogen (secondary N) is 1. The third-order valence-electron chi connectivity index (χ3n) is 3.74. The van der Waals surface area contributed by atoms with Gasteiger partial charge in [0.15, 0.2) is 11.9 Å². The van der Waals surface area contributed by atoms with E-state index in [0.29, 0.717) is 17.1 Å². The molecule has 0 spiro atoms. The molecule has 0 aliphatic rings. The van der Waals surface area contributed by atoms with Crippen molar-refractivity contribution in [2.75, 3.05) is 5.32 Å². The molecule has 2 heterocycles. The van der Waals surface area contributed by atoms with Gasteiger partial charge < -0.3 is 14.6 Å². The number of carbonyl (C=O) groups excluding carboxylic acids is 2. The number of ether oxygens (including phenoxy) is 1. The summed E-state index contributed by atoms with van der Waals surface area (Å²) < 4.78 is 11.6. The maximum atomic E-state index is 12.5. The van der Waals surface area contributed by atoms with Gasteiger partial charge in [-0.1, -0.05) is 35.0 Å². The summed E-state index contributed by atoms with van der Waals surface area (Å²) in [5, 5.41) is 10.6.